The summed E-state index contributed by atoms with van der Waals surface area (Å²) in [5.41, 5.74) is 8.52. The van der Waals surface area contributed by atoms with E-state index in [2.05, 4.69) is 34.3 Å². The van der Waals surface area contributed by atoms with Gasteiger partial charge in [0.2, 0.25) is 11.7 Å². The molecule has 0 radical (unpaired) electrons. The molecule has 2 aromatic heterocycles. The molecule has 0 saturated carbocycles. The standard InChI is InChI=1S/C24H25N5O4S/c1-13(2)34-17-10-6-14(7-11-17)18-12-27-23(25)20(28-18)22-21(30)19(29-33-22)15-4-8-16(9-5-15)24(31,32)26-3/h4-13,26,30-32H,1-3H3,(H2,25,27). The summed E-state index contributed by atoms with van der Waals surface area (Å²) in [6.07, 6.45) is 1.56. The highest BCUT2D eigenvalue weighted by Gasteiger charge is 2.25. The van der Waals surface area contributed by atoms with Gasteiger partial charge in [0.25, 0.3) is 0 Å². The number of hydrogen-bond donors (Lipinski definition) is 5. The second kappa shape index (κ2) is 9.43. The molecule has 6 N–H and O–H groups in total. The van der Waals surface area contributed by atoms with Crippen LogP contribution in [0.1, 0.15) is 19.4 Å². The molecule has 0 saturated heterocycles. The maximum absolute atomic E-state index is 10.8. The van der Waals surface area contributed by atoms with Gasteiger partial charge in [0.05, 0.1) is 11.9 Å². The first kappa shape index (κ1) is 23.7. The van der Waals surface area contributed by atoms with Gasteiger partial charge in [-0.15, -0.1) is 11.8 Å². The fraction of sp³-hybridized carbons (Fsp3) is 0.208. The fourth-order valence-corrected chi connectivity index (χ4v) is 4.15. The lowest BCUT2D eigenvalue weighted by Crippen LogP contribution is -2.39. The molecule has 0 unspecified atom stereocenters. The number of nitrogens with zero attached hydrogens (tertiary/aromatic N) is 3. The predicted octanol–water partition coefficient (Wildman–Crippen LogP) is 3.57. The molecule has 0 amide bonds. The van der Waals surface area contributed by atoms with Crippen molar-refractivity contribution in [1.29, 1.82) is 0 Å². The van der Waals surface area contributed by atoms with Crippen molar-refractivity contribution in [1.82, 2.24) is 20.4 Å². The number of nitrogens with two attached hydrogens (primary N) is 1. The lowest BCUT2D eigenvalue weighted by Gasteiger charge is -2.20. The Hall–Kier alpha value is -3.44. The van der Waals surface area contributed by atoms with Crippen LogP contribution in [0.3, 0.4) is 0 Å². The summed E-state index contributed by atoms with van der Waals surface area (Å²) in [4.78, 5) is 9.94. The Bertz CT molecular complexity index is 1290. The first-order valence-electron chi connectivity index (χ1n) is 10.5. The van der Waals surface area contributed by atoms with Gasteiger partial charge in [0, 0.05) is 26.8 Å². The molecule has 34 heavy (non-hydrogen) atoms. The van der Waals surface area contributed by atoms with Crippen LogP contribution in [0.15, 0.2) is 64.1 Å². The summed E-state index contributed by atoms with van der Waals surface area (Å²) >= 11 is 1.77. The number of aromatic hydroxyl groups is 1. The third kappa shape index (κ3) is 4.75. The highest BCUT2D eigenvalue weighted by Crippen LogP contribution is 2.39. The molecule has 0 spiro atoms. The van der Waals surface area contributed by atoms with Crippen LogP contribution in [0.25, 0.3) is 34.0 Å². The molecule has 0 aliphatic carbocycles. The predicted molar refractivity (Wildman–Crippen MR) is 131 cm³/mol. The number of thioether (sulfide) groups is 1. The van der Waals surface area contributed by atoms with Crippen LogP contribution in [-0.2, 0) is 5.91 Å². The molecule has 4 aromatic rings. The number of benzene rings is 2. The summed E-state index contributed by atoms with van der Waals surface area (Å²) in [5.74, 6) is -2.34. The van der Waals surface area contributed by atoms with Gasteiger partial charge in [0.15, 0.2) is 23.0 Å². The zero-order valence-corrected chi connectivity index (χ0v) is 19.7. The Kier molecular flexibility index (Phi) is 6.58. The van der Waals surface area contributed by atoms with Gasteiger partial charge in [-0.25, -0.2) is 9.97 Å². The van der Waals surface area contributed by atoms with Crippen molar-refractivity contribution in [2.75, 3.05) is 12.8 Å². The molecule has 0 fully saturated rings. The Morgan fingerprint density at radius 2 is 1.65 bits per heavy atom. The summed E-state index contributed by atoms with van der Waals surface area (Å²) in [6.45, 7) is 4.27. The van der Waals surface area contributed by atoms with E-state index in [1.807, 2.05) is 24.3 Å². The summed E-state index contributed by atoms with van der Waals surface area (Å²) < 4.78 is 5.39. The van der Waals surface area contributed by atoms with E-state index in [0.717, 1.165) is 10.5 Å². The smallest absolute Gasteiger partial charge is 0.250 e. The van der Waals surface area contributed by atoms with Crippen LogP contribution >= 0.6 is 11.8 Å². The Morgan fingerprint density at radius 1 is 1.00 bits per heavy atom. The fourth-order valence-electron chi connectivity index (χ4n) is 3.32. The van der Waals surface area contributed by atoms with Crippen LogP contribution in [0.5, 0.6) is 5.75 Å². The third-order valence-electron chi connectivity index (χ3n) is 5.11. The van der Waals surface area contributed by atoms with Crippen molar-refractivity contribution in [2.45, 2.75) is 29.9 Å². The molecule has 0 bridgehead atoms. The quantitative estimate of drug-likeness (QED) is 0.197. The van der Waals surface area contributed by atoms with Gasteiger partial charge in [-0.3, -0.25) is 5.32 Å². The van der Waals surface area contributed by atoms with Gasteiger partial charge in [-0.05, 0) is 19.2 Å². The number of nitrogens with one attached hydrogen (secondary N) is 1. The number of anilines is 1. The van der Waals surface area contributed by atoms with Gasteiger partial charge in [-0.2, -0.15) is 0 Å². The van der Waals surface area contributed by atoms with E-state index in [0.29, 0.717) is 16.5 Å². The number of aromatic nitrogens is 3. The van der Waals surface area contributed by atoms with Gasteiger partial charge >= 0.3 is 0 Å². The normalized spacial score (nSPS) is 11.8. The van der Waals surface area contributed by atoms with E-state index in [-0.39, 0.29) is 34.3 Å². The number of nitrogen functional groups attached to an aromatic ring is 1. The van der Waals surface area contributed by atoms with E-state index < -0.39 is 5.91 Å². The molecule has 176 valence electrons. The Morgan fingerprint density at radius 3 is 2.26 bits per heavy atom. The number of aliphatic hydroxyl groups is 2. The molecule has 2 aromatic carbocycles. The second-order valence-corrected chi connectivity index (χ2v) is 9.54. The SMILES string of the molecule is CNC(O)(O)c1ccc(-c2noc(-c3nc(-c4ccc(SC(C)C)cc4)cnc3N)c2O)cc1. The monoisotopic (exact) mass is 479 g/mol. The molecular formula is C24H25N5O4S. The first-order chi connectivity index (χ1) is 16.2. The minimum absolute atomic E-state index is 0.00759. The van der Waals surface area contributed by atoms with E-state index in [1.54, 1.807) is 30.1 Å². The summed E-state index contributed by atoms with van der Waals surface area (Å²) in [7, 11) is 1.42. The third-order valence-corrected chi connectivity index (χ3v) is 6.13. The van der Waals surface area contributed by atoms with Gasteiger partial charge in [-0.1, -0.05) is 55.4 Å². The maximum Gasteiger partial charge on any atom is 0.250 e. The van der Waals surface area contributed by atoms with E-state index in [1.165, 1.54) is 19.2 Å². The highest BCUT2D eigenvalue weighted by molar-refractivity contribution is 7.99. The minimum Gasteiger partial charge on any atom is -0.503 e. The average Bonchev–Trinajstić information content (AvgIpc) is 3.20. The largest absolute Gasteiger partial charge is 0.503 e. The first-order valence-corrected chi connectivity index (χ1v) is 11.4. The van der Waals surface area contributed by atoms with Crippen molar-refractivity contribution >= 4 is 17.6 Å². The molecule has 0 aliphatic heterocycles. The van der Waals surface area contributed by atoms with Crippen molar-refractivity contribution in [3.05, 3.63) is 60.3 Å². The summed E-state index contributed by atoms with van der Waals surface area (Å²) in [5, 5.41) is 37.5. The van der Waals surface area contributed by atoms with E-state index in [4.69, 9.17) is 10.3 Å². The molecule has 10 heteroatoms. The molecule has 0 aliphatic rings. The molecular weight excluding hydrogens is 454 g/mol. The maximum atomic E-state index is 10.8. The topological polar surface area (TPSA) is 151 Å². The van der Waals surface area contributed by atoms with Crippen LogP contribution in [0.4, 0.5) is 5.82 Å². The van der Waals surface area contributed by atoms with E-state index >= 15 is 0 Å². The minimum atomic E-state index is -2.17. The van der Waals surface area contributed by atoms with Crippen LogP contribution in [-0.4, -0.2) is 42.7 Å². The van der Waals surface area contributed by atoms with Crippen molar-refractivity contribution < 1.29 is 19.8 Å². The molecule has 4 rings (SSSR count). The van der Waals surface area contributed by atoms with Crippen molar-refractivity contribution in [2.24, 2.45) is 0 Å². The van der Waals surface area contributed by atoms with Crippen LogP contribution in [0, 0.1) is 0 Å². The highest BCUT2D eigenvalue weighted by atomic mass is 32.2. The van der Waals surface area contributed by atoms with Crippen LogP contribution < -0.4 is 11.1 Å². The zero-order valence-electron chi connectivity index (χ0n) is 18.9. The number of rotatable bonds is 7. The van der Waals surface area contributed by atoms with Gasteiger partial charge < -0.3 is 25.6 Å². The molecule has 9 nitrogen and oxygen atoms in total. The average molecular weight is 480 g/mol. The van der Waals surface area contributed by atoms with Crippen molar-refractivity contribution in [3.63, 3.8) is 0 Å². The number of hydrogen-bond acceptors (Lipinski definition) is 10. The summed E-state index contributed by atoms with van der Waals surface area (Å²) in [6, 6.07) is 14.1. The zero-order chi connectivity index (χ0) is 24.5. The Labute approximate surface area is 200 Å². The molecule has 2 heterocycles. The lowest BCUT2D eigenvalue weighted by molar-refractivity contribution is -0.190. The lowest BCUT2D eigenvalue weighted by atomic mass is 10.1. The van der Waals surface area contributed by atoms with Gasteiger partial charge in [0.1, 0.15) is 0 Å². The molecule has 0 atom stereocenters. The Balaban J connectivity index is 1.66. The second-order valence-electron chi connectivity index (χ2n) is 7.89. The van der Waals surface area contributed by atoms with E-state index in [9.17, 15) is 15.3 Å². The van der Waals surface area contributed by atoms with Crippen LogP contribution in [0.2, 0.25) is 0 Å². The van der Waals surface area contributed by atoms with Crippen molar-refractivity contribution in [3.8, 4) is 39.7 Å².